The second-order valence-electron chi connectivity index (χ2n) is 6.48. The van der Waals surface area contributed by atoms with Crippen LogP contribution < -0.4 is 5.32 Å². The number of benzene rings is 1. The van der Waals surface area contributed by atoms with Crippen molar-refractivity contribution in [3.63, 3.8) is 0 Å². The van der Waals surface area contributed by atoms with Crippen LogP contribution >= 0.6 is 0 Å². The van der Waals surface area contributed by atoms with E-state index in [9.17, 15) is 27.2 Å². The van der Waals surface area contributed by atoms with Gasteiger partial charge in [0.25, 0.3) is 0 Å². The Balaban J connectivity index is 1.54. The van der Waals surface area contributed by atoms with Crippen molar-refractivity contribution in [3.8, 4) is 11.3 Å². The van der Waals surface area contributed by atoms with Gasteiger partial charge in [-0.05, 0) is 37.1 Å². The number of amides is 2. The number of likely N-dealkylation sites (tertiary alicyclic amines) is 1. The highest BCUT2D eigenvalue weighted by molar-refractivity contribution is 5.82. The molecule has 0 radical (unpaired) electrons. The van der Waals surface area contributed by atoms with Gasteiger partial charge >= 0.3 is 12.1 Å². The highest BCUT2D eigenvalue weighted by Gasteiger charge is 2.41. The fourth-order valence-electron chi connectivity index (χ4n) is 3.05. The maximum absolute atomic E-state index is 13.0. The molecule has 0 bridgehead atoms. The van der Waals surface area contributed by atoms with E-state index in [1.54, 1.807) is 0 Å². The molecule has 1 aliphatic heterocycles. The summed E-state index contributed by atoms with van der Waals surface area (Å²) in [7, 11) is 0. The predicted octanol–water partition coefficient (Wildman–Crippen LogP) is 2.69. The smallest absolute Gasteiger partial charge is 0.356 e. The lowest BCUT2D eigenvalue weighted by molar-refractivity contribution is -0.174. The summed E-state index contributed by atoms with van der Waals surface area (Å²) in [6, 6.07) is 4.92. The number of nitrogens with zero attached hydrogens (tertiary/aromatic N) is 2. The van der Waals surface area contributed by atoms with Gasteiger partial charge in [0.05, 0.1) is 6.20 Å². The number of alkyl halides is 3. The molecule has 1 fully saturated rings. The molecule has 1 atom stereocenters. The molecule has 3 rings (SSSR count). The third-order valence-corrected chi connectivity index (χ3v) is 4.49. The van der Waals surface area contributed by atoms with Gasteiger partial charge in [-0.1, -0.05) is 5.16 Å². The zero-order valence-electron chi connectivity index (χ0n) is 14.6. The molecule has 1 N–H and O–H groups in total. The number of halogens is 4. The first-order chi connectivity index (χ1) is 13.2. The lowest BCUT2D eigenvalue weighted by Crippen LogP contribution is -2.44. The van der Waals surface area contributed by atoms with E-state index in [0.717, 1.165) is 0 Å². The molecule has 1 aromatic carbocycles. The fraction of sp³-hybridized carbons (Fsp3) is 0.389. The standard InChI is InChI=1S/C18H17F4N3O3/c19-13-4-1-11(2-5-13)16-12(9-23-28-16)3-6-15(26)25-8-7-14(10-25)24-17(27)18(20,21)22/h1-2,4-5,9,14H,3,6-8,10H2,(H,24,27). The van der Waals surface area contributed by atoms with E-state index in [2.05, 4.69) is 5.16 Å². The molecule has 1 unspecified atom stereocenters. The van der Waals surface area contributed by atoms with Crippen molar-refractivity contribution in [3.05, 3.63) is 41.8 Å². The highest BCUT2D eigenvalue weighted by atomic mass is 19.4. The Morgan fingerprint density at radius 3 is 2.64 bits per heavy atom. The molecule has 2 heterocycles. The second-order valence-corrected chi connectivity index (χ2v) is 6.48. The van der Waals surface area contributed by atoms with Crippen LogP contribution in [0.3, 0.4) is 0 Å². The number of aromatic nitrogens is 1. The Hall–Kier alpha value is -2.91. The third-order valence-electron chi connectivity index (χ3n) is 4.49. The average molecular weight is 399 g/mol. The lowest BCUT2D eigenvalue weighted by atomic mass is 10.1. The third kappa shape index (κ3) is 4.68. The molecular formula is C18H17F4N3O3. The highest BCUT2D eigenvalue weighted by Crippen LogP contribution is 2.25. The van der Waals surface area contributed by atoms with Crippen LogP contribution in [0, 0.1) is 5.82 Å². The van der Waals surface area contributed by atoms with Crippen LogP contribution in [-0.4, -0.2) is 47.2 Å². The summed E-state index contributed by atoms with van der Waals surface area (Å²) in [5.74, 6) is -2.19. The Morgan fingerprint density at radius 2 is 1.96 bits per heavy atom. The number of aryl methyl sites for hydroxylation is 1. The van der Waals surface area contributed by atoms with Crippen molar-refractivity contribution < 1.29 is 31.7 Å². The van der Waals surface area contributed by atoms with Crippen LogP contribution in [0.2, 0.25) is 0 Å². The van der Waals surface area contributed by atoms with Gasteiger partial charge in [-0.25, -0.2) is 4.39 Å². The first kappa shape index (κ1) is 19.8. The predicted molar refractivity (Wildman–Crippen MR) is 89.4 cm³/mol. The number of rotatable bonds is 5. The maximum atomic E-state index is 13.0. The number of carbonyl (C=O) groups excluding carboxylic acids is 2. The van der Waals surface area contributed by atoms with E-state index in [-0.39, 0.29) is 37.7 Å². The van der Waals surface area contributed by atoms with Crippen molar-refractivity contribution in [2.45, 2.75) is 31.5 Å². The van der Waals surface area contributed by atoms with Gasteiger partial charge in [-0.3, -0.25) is 9.59 Å². The first-order valence-corrected chi connectivity index (χ1v) is 8.59. The molecule has 6 nitrogen and oxygen atoms in total. The van der Waals surface area contributed by atoms with Crippen molar-refractivity contribution >= 4 is 11.8 Å². The lowest BCUT2D eigenvalue weighted by Gasteiger charge is -2.17. The zero-order valence-corrected chi connectivity index (χ0v) is 14.6. The van der Waals surface area contributed by atoms with Gasteiger partial charge in [0.1, 0.15) is 5.82 Å². The van der Waals surface area contributed by atoms with Crippen LogP contribution in [-0.2, 0) is 16.0 Å². The summed E-state index contributed by atoms with van der Waals surface area (Å²) in [6.07, 6.45) is -2.78. The molecule has 0 saturated carbocycles. The Kier molecular flexibility index (Phi) is 5.66. The van der Waals surface area contributed by atoms with Gasteiger partial charge in [0.2, 0.25) is 5.91 Å². The molecule has 1 saturated heterocycles. The van der Waals surface area contributed by atoms with Crippen molar-refractivity contribution in [1.82, 2.24) is 15.4 Å². The number of carbonyl (C=O) groups is 2. The average Bonchev–Trinajstić information content (AvgIpc) is 3.29. The topological polar surface area (TPSA) is 75.4 Å². The van der Waals surface area contributed by atoms with E-state index in [4.69, 9.17) is 4.52 Å². The largest absolute Gasteiger partial charge is 0.471 e. The van der Waals surface area contributed by atoms with E-state index in [1.165, 1.54) is 35.4 Å². The molecule has 0 spiro atoms. The van der Waals surface area contributed by atoms with Gasteiger partial charge in [-0.15, -0.1) is 0 Å². The van der Waals surface area contributed by atoms with E-state index >= 15 is 0 Å². The van der Waals surface area contributed by atoms with Crippen molar-refractivity contribution in [2.75, 3.05) is 13.1 Å². The van der Waals surface area contributed by atoms with Crippen LogP contribution in [0.25, 0.3) is 11.3 Å². The summed E-state index contributed by atoms with van der Waals surface area (Å²) >= 11 is 0. The minimum absolute atomic E-state index is 0.0368. The SMILES string of the molecule is O=C(CCc1cnoc1-c1ccc(F)cc1)N1CCC(NC(=O)C(F)(F)F)C1. The minimum atomic E-state index is -4.94. The zero-order chi connectivity index (χ0) is 20.3. The minimum Gasteiger partial charge on any atom is -0.356 e. The van der Waals surface area contributed by atoms with Crippen LogP contribution in [0.1, 0.15) is 18.4 Å². The summed E-state index contributed by atoms with van der Waals surface area (Å²) in [5, 5.41) is 5.61. The van der Waals surface area contributed by atoms with Gasteiger partial charge in [-0.2, -0.15) is 13.2 Å². The van der Waals surface area contributed by atoms with Crippen LogP contribution in [0.5, 0.6) is 0 Å². The van der Waals surface area contributed by atoms with Crippen LogP contribution in [0.4, 0.5) is 17.6 Å². The van der Waals surface area contributed by atoms with Gasteiger partial charge < -0.3 is 14.7 Å². The van der Waals surface area contributed by atoms with Gasteiger partial charge in [0, 0.05) is 36.7 Å². The monoisotopic (exact) mass is 399 g/mol. The normalized spacial score (nSPS) is 17.0. The molecule has 0 aliphatic carbocycles. The van der Waals surface area contributed by atoms with E-state index in [1.807, 2.05) is 5.32 Å². The van der Waals surface area contributed by atoms with Gasteiger partial charge in [0.15, 0.2) is 5.76 Å². The number of hydrogen-bond acceptors (Lipinski definition) is 4. The quantitative estimate of drug-likeness (QED) is 0.785. The summed E-state index contributed by atoms with van der Waals surface area (Å²) in [5.41, 5.74) is 1.29. The summed E-state index contributed by atoms with van der Waals surface area (Å²) in [4.78, 5) is 24.8. The fourth-order valence-corrected chi connectivity index (χ4v) is 3.05. The summed E-state index contributed by atoms with van der Waals surface area (Å²) in [6.45, 7) is 0.311. The molecule has 150 valence electrons. The van der Waals surface area contributed by atoms with Crippen LogP contribution in [0.15, 0.2) is 35.0 Å². The summed E-state index contributed by atoms with van der Waals surface area (Å²) < 4.78 is 55.2. The molecule has 2 amide bonds. The molecule has 1 aliphatic rings. The van der Waals surface area contributed by atoms with Crippen molar-refractivity contribution in [2.24, 2.45) is 0 Å². The molecule has 1 aromatic heterocycles. The molecular weight excluding hydrogens is 382 g/mol. The Morgan fingerprint density at radius 1 is 1.25 bits per heavy atom. The molecule has 28 heavy (non-hydrogen) atoms. The van der Waals surface area contributed by atoms with E-state index in [0.29, 0.717) is 23.3 Å². The Labute approximate surface area is 157 Å². The molecule has 2 aromatic rings. The maximum Gasteiger partial charge on any atom is 0.471 e. The van der Waals surface area contributed by atoms with Crippen molar-refractivity contribution in [1.29, 1.82) is 0 Å². The first-order valence-electron chi connectivity index (χ1n) is 8.59. The second kappa shape index (κ2) is 7.99. The molecule has 10 heteroatoms. The number of nitrogens with one attached hydrogen (secondary N) is 1. The van der Waals surface area contributed by atoms with E-state index < -0.39 is 18.1 Å². The number of hydrogen-bond donors (Lipinski definition) is 1. The Bertz CT molecular complexity index is 849.